The van der Waals surface area contributed by atoms with Crippen molar-refractivity contribution >= 4 is 40.6 Å². The molecule has 0 aliphatic rings. The molecule has 0 saturated heterocycles. The number of ether oxygens (including phenoxy) is 1. The first-order chi connectivity index (χ1) is 11.5. The van der Waals surface area contributed by atoms with Crippen LogP contribution in [0.5, 0.6) is 0 Å². The molecule has 0 atom stereocenters. The van der Waals surface area contributed by atoms with Crippen molar-refractivity contribution in [3.63, 3.8) is 0 Å². The van der Waals surface area contributed by atoms with E-state index in [0.29, 0.717) is 34.5 Å². The molecular weight excluding hydrogens is 344 g/mol. The third-order valence-electron chi connectivity index (χ3n) is 3.26. The van der Waals surface area contributed by atoms with Crippen LogP contribution >= 0.6 is 23.8 Å². The summed E-state index contributed by atoms with van der Waals surface area (Å²) in [7, 11) is 0. The number of rotatable bonds is 5. The first-order valence-corrected chi connectivity index (χ1v) is 8.35. The lowest BCUT2D eigenvalue weighted by atomic mass is 10.1. The lowest BCUT2D eigenvalue weighted by Crippen LogP contribution is -2.27. The molecule has 0 spiro atoms. The summed E-state index contributed by atoms with van der Waals surface area (Å²) in [6, 6.07) is 13.2. The van der Waals surface area contributed by atoms with Gasteiger partial charge in [0, 0.05) is 12.2 Å². The van der Waals surface area contributed by atoms with Gasteiger partial charge in [-0.2, -0.15) is 0 Å². The molecule has 0 bridgehead atoms. The minimum absolute atomic E-state index is 0.308. The number of nitrogens with one attached hydrogen (secondary N) is 2. The van der Waals surface area contributed by atoms with E-state index in [2.05, 4.69) is 16.7 Å². The number of benzene rings is 2. The zero-order chi connectivity index (χ0) is 17.5. The summed E-state index contributed by atoms with van der Waals surface area (Å²) in [6.07, 6.45) is 0. The van der Waals surface area contributed by atoms with Gasteiger partial charge < -0.3 is 15.4 Å². The number of hydrogen-bond donors (Lipinski definition) is 2. The number of anilines is 1. The second-order valence-corrected chi connectivity index (χ2v) is 6.03. The fourth-order valence-electron chi connectivity index (χ4n) is 2.15. The van der Waals surface area contributed by atoms with Crippen LogP contribution in [0.1, 0.15) is 28.4 Å². The van der Waals surface area contributed by atoms with Gasteiger partial charge in [-0.05, 0) is 49.8 Å². The molecule has 0 heterocycles. The Labute approximate surface area is 152 Å². The monoisotopic (exact) mass is 362 g/mol. The molecule has 126 valence electrons. The van der Waals surface area contributed by atoms with Gasteiger partial charge in [0.15, 0.2) is 5.11 Å². The van der Waals surface area contributed by atoms with E-state index in [-0.39, 0.29) is 0 Å². The molecule has 0 radical (unpaired) electrons. The highest BCUT2D eigenvalue weighted by Crippen LogP contribution is 2.21. The van der Waals surface area contributed by atoms with Crippen LogP contribution in [-0.2, 0) is 11.3 Å². The lowest BCUT2D eigenvalue weighted by molar-refractivity contribution is 0.0526. The van der Waals surface area contributed by atoms with Crippen molar-refractivity contribution in [2.24, 2.45) is 0 Å². The normalized spacial score (nSPS) is 10.1. The van der Waals surface area contributed by atoms with E-state index in [1.165, 1.54) is 5.56 Å². The number of thiocarbonyl (C=S) groups is 1. The van der Waals surface area contributed by atoms with Crippen LogP contribution in [0.2, 0.25) is 5.02 Å². The van der Waals surface area contributed by atoms with E-state index >= 15 is 0 Å². The largest absolute Gasteiger partial charge is 0.462 e. The van der Waals surface area contributed by atoms with Gasteiger partial charge in [-0.3, -0.25) is 0 Å². The summed E-state index contributed by atoms with van der Waals surface area (Å²) in [5, 5.41) is 6.99. The summed E-state index contributed by atoms with van der Waals surface area (Å²) in [5.74, 6) is -0.436. The van der Waals surface area contributed by atoms with Crippen LogP contribution in [0, 0.1) is 6.92 Å². The number of esters is 1. The Morgan fingerprint density at radius 3 is 2.71 bits per heavy atom. The van der Waals surface area contributed by atoms with Gasteiger partial charge >= 0.3 is 5.97 Å². The van der Waals surface area contributed by atoms with Crippen molar-refractivity contribution in [1.82, 2.24) is 5.32 Å². The predicted octanol–water partition coefficient (Wildman–Crippen LogP) is 4.31. The summed E-state index contributed by atoms with van der Waals surface area (Å²) >= 11 is 11.4. The molecule has 0 unspecified atom stereocenters. The van der Waals surface area contributed by atoms with Gasteiger partial charge in [0.25, 0.3) is 0 Å². The van der Waals surface area contributed by atoms with E-state index in [1.807, 2.05) is 25.1 Å². The number of aryl methyl sites for hydroxylation is 1. The number of hydrogen-bond acceptors (Lipinski definition) is 3. The first-order valence-electron chi connectivity index (χ1n) is 7.56. The summed E-state index contributed by atoms with van der Waals surface area (Å²) in [4.78, 5) is 11.7. The zero-order valence-electron chi connectivity index (χ0n) is 13.6. The zero-order valence-corrected chi connectivity index (χ0v) is 15.1. The highest BCUT2D eigenvalue weighted by molar-refractivity contribution is 7.80. The average molecular weight is 363 g/mol. The summed E-state index contributed by atoms with van der Waals surface area (Å²) in [5.41, 5.74) is 3.39. The van der Waals surface area contributed by atoms with Crippen LogP contribution in [0.4, 0.5) is 5.69 Å². The van der Waals surface area contributed by atoms with Gasteiger partial charge in [-0.25, -0.2) is 4.79 Å². The first kappa shape index (κ1) is 18.2. The minimum Gasteiger partial charge on any atom is -0.462 e. The highest BCUT2D eigenvalue weighted by atomic mass is 35.5. The summed E-state index contributed by atoms with van der Waals surface area (Å²) < 4.78 is 4.94. The Kier molecular flexibility index (Phi) is 6.58. The van der Waals surface area contributed by atoms with Crippen molar-refractivity contribution in [2.45, 2.75) is 20.4 Å². The van der Waals surface area contributed by atoms with Crippen LogP contribution in [-0.4, -0.2) is 17.7 Å². The third-order valence-corrected chi connectivity index (χ3v) is 3.82. The van der Waals surface area contributed by atoms with E-state index in [1.54, 1.807) is 25.1 Å². The Morgan fingerprint density at radius 1 is 1.25 bits per heavy atom. The Balaban J connectivity index is 1.94. The van der Waals surface area contributed by atoms with Gasteiger partial charge in [0.05, 0.1) is 17.2 Å². The fourth-order valence-corrected chi connectivity index (χ4v) is 2.59. The molecule has 2 N–H and O–H groups in total. The van der Waals surface area contributed by atoms with Gasteiger partial charge in [-0.1, -0.05) is 41.4 Å². The van der Waals surface area contributed by atoms with Crippen molar-refractivity contribution in [1.29, 1.82) is 0 Å². The maximum atomic E-state index is 11.7. The second-order valence-electron chi connectivity index (χ2n) is 5.21. The van der Waals surface area contributed by atoms with Crippen molar-refractivity contribution < 1.29 is 9.53 Å². The maximum absolute atomic E-state index is 11.7. The van der Waals surface area contributed by atoms with Gasteiger partial charge in [-0.15, -0.1) is 0 Å². The van der Waals surface area contributed by atoms with Crippen LogP contribution in [0.25, 0.3) is 0 Å². The van der Waals surface area contributed by atoms with Crippen LogP contribution < -0.4 is 10.6 Å². The van der Waals surface area contributed by atoms with Crippen molar-refractivity contribution in [3.05, 3.63) is 64.2 Å². The predicted molar refractivity (Wildman–Crippen MR) is 102 cm³/mol. The minimum atomic E-state index is -0.436. The SMILES string of the molecule is CCOC(=O)c1ccc(NC(=S)NCc2cccc(C)c2)cc1Cl. The highest BCUT2D eigenvalue weighted by Gasteiger charge is 2.12. The van der Waals surface area contributed by atoms with Crippen LogP contribution in [0.3, 0.4) is 0 Å². The maximum Gasteiger partial charge on any atom is 0.339 e. The Hall–Kier alpha value is -2.11. The van der Waals surface area contributed by atoms with Gasteiger partial charge in [0.2, 0.25) is 0 Å². The van der Waals surface area contributed by atoms with E-state index < -0.39 is 5.97 Å². The molecule has 0 amide bonds. The van der Waals surface area contributed by atoms with Crippen molar-refractivity contribution in [3.8, 4) is 0 Å². The quantitative estimate of drug-likeness (QED) is 0.613. The molecule has 0 aromatic heterocycles. The summed E-state index contributed by atoms with van der Waals surface area (Å²) in [6.45, 7) is 4.73. The number of carbonyl (C=O) groups excluding carboxylic acids is 1. The average Bonchev–Trinajstić information content (AvgIpc) is 2.53. The molecule has 0 fully saturated rings. The smallest absolute Gasteiger partial charge is 0.339 e. The molecule has 0 saturated carbocycles. The standard InChI is InChI=1S/C18H19ClN2O2S/c1-3-23-17(22)15-8-7-14(10-16(15)19)21-18(24)20-11-13-6-4-5-12(2)9-13/h4-10H,3,11H2,1-2H3,(H2,20,21,24). The van der Waals surface area contributed by atoms with Gasteiger partial charge in [0.1, 0.15) is 0 Å². The Bertz CT molecular complexity index is 750. The third kappa shape index (κ3) is 5.22. The molecule has 0 aliphatic carbocycles. The van der Waals surface area contributed by atoms with E-state index in [9.17, 15) is 4.79 Å². The molecular formula is C18H19ClN2O2S. The second kappa shape index (κ2) is 8.66. The number of carbonyl (C=O) groups is 1. The number of halogens is 1. The molecule has 24 heavy (non-hydrogen) atoms. The van der Waals surface area contributed by atoms with Crippen molar-refractivity contribution in [2.75, 3.05) is 11.9 Å². The fraction of sp³-hybridized carbons (Fsp3) is 0.222. The molecule has 6 heteroatoms. The molecule has 2 rings (SSSR count). The molecule has 0 aliphatic heterocycles. The van der Waals surface area contributed by atoms with E-state index in [0.717, 1.165) is 5.56 Å². The lowest BCUT2D eigenvalue weighted by Gasteiger charge is -2.12. The molecule has 2 aromatic carbocycles. The van der Waals surface area contributed by atoms with Crippen LogP contribution in [0.15, 0.2) is 42.5 Å². The molecule has 4 nitrogen and oxygen atoms in total. The Morgan fingerprint density at radius 2 is 2.04 bits per heavy atom. The molecule has 2 aromatic rings. The van der Waals surface area contributed by atoms with E-state index in [4.69, 9.17) is 28.6 Å². The topological polar surface area (TPSA) is 50.4 Å².